The lowest BCUT2D eigenvalue weighted by Gasteiger charge is -2.32. The maximum Gasteiger partial charge on any atom is 0.217 e. The Kier molecular flexibility index (Phi) is 8.11. The molecule has 0 spiro atoms. The Labute approximate surface area is 341 Å². The molecule has 0 amide bonds. The number of rotatable bonds is 6. The highest BCUT2D eigenvalue weighted by atomic mass is 16.5. The highest BCUT2D eigenvalue weighted by Gasteiger charge is 2.38. The first-order valence-electron chi connectivity index (χ1n) is 20.5. The lowest BCUT2D eigenvalue weighted by Crippen LogP contribution is -2.46. The fourth-order valence-corrected chi connectivity index (χ4v) is 9.80. The first-order valence-corrected chi connectivity index (χ1v) is 20.5. The highest BCUT2D eigenvalue weighted by Crippen LogP contribution is 2.54. The summed E-state index contributed by atoms with van der Waals surface area (Å²) in [5, 5.41) is 4.96. The van der Waals surface area contributed by atoms with E-state index in [1.54, 1.807) is 0 Å². The van der Waals surface area contributed by atoms with Gasteiger partial charge in [-0.25, -0.2) is 0 Å². The van der Waals surface area contributed by atoms with Crippen LogP contribution in [0, 0.1) is 0 Å². The van der Waals surface area contributed by atoms with Crippen LogP contribution in [0.1, 0.15) is 25.0 Å². The first kappa shape index (κ1) is 34.4. The third-order valence-electron chi connectivity index (χ3n) is 12.7. The summed E-state index contributed by atoms with van der Waals surface area (Å²) in [5.74, 6) is 0.984. The van der Waals surface area contributed by atoms with Crippen LogP contribution >= 0.6 is 0 Å². The Balaban J connectivity index is 1.20. The predicted molar refractivity (Wildman–Crippen MR) is 246 cm³/mol. The molecule has 3 heteroatoms. The fourth-order valence-electron chi connectivity index (χ4n) is 9.80. The van der Waals surface area contributed by atoms with Crippen molar-refractivity contribution in [3.63, 3.8) is 0 Å². The molecule has 0 saturated carbocycles. The van der Waals surface area contributed by atoms with Gasteiger partial charge in [0.05, 0.1) is 12.3 Å². The molecule has 0 fully saturated rings. The van der Waals surface area contributed by atoms with Crippen LogP contribution in [0.3, 0.4) is 0 Å². The molecule has 58 heavy (non-hydrogen) atoms. The van der Waals surface area contributed by atoms with E-state index < -0.39 is 0 Å². The van der Waals surface area contributed by atoms with Gasteiger partial charge in [-0.15, -0.1) is 0 Å². The van der Waals surface area contributed by atoms with E-state index in [9.17, 15) is 0 Å². The van der Waals surface area contributed by atoms with Crippen molar-refractivity contribution in [3.8, 4) is 39.1 Å². The van der Waals surface area contributed by atoms with Crippen LogP contribution in [0.2, 0.25) is 6.32 Å². The van der Waals surface area contributed by atoms with Crippen LogP contribution in [0.15, 0.2) is 194 Å². The number of ether oxygens (including phenoxy) is 1. The van der Waals surface area contributed by atoms with Gasteiger partial charge in [-0.2, -0.15) is 0 Å². The number of fused-ring (bicyclic) bond motifs is 7. The zero-order valence-corrected chi connectivity index (χ0v) is 32.8. The number of anilines is 3. The van der Waals surface area contributed by atoms with Crippen LogP contribution in [0.4, 0.5) is 17.1 Å². The SMILES string of the molecule is CC1(C)c2ccccc2-c2cc(-c3cccc4c3OCCB4c3ccccc3)c(N(c3ccc(-c4ccccc4)cc3)c3ccc4ccc5ccccc5c4c3)cc21. The number of para-hydroxylation sites is 1. The molecule has 0 radical (unpaired) electrons. The summed E-state index contributed by atoms with van der Waals surface area (Å²) in [4.78, 5) is 2.49. The first-order chi connectivity index (χ1) is 28.5. The fraction of sp³-hybridized carbons (Fsp3) is 0.0909. The van der Waals surface area contributed by atoms with E-state index in [4.69, 9.17) is 4.74 Å². The number of nitrogens with zero attached hydrogens (tertiary/aromatic N) is 1. The van der Waals surface area contributed by atoms with Crippen molar-refractivity contribution in [1.82, 2.24) is 0 Å². The second-order valence-corrected chi connectivity index (χ2v) is 16.4. The molecule has 2 nitrogen and oxygen atoms in total. The smallest absolute Gasteiger partial charge is 0.217 e. The van der Waals surface area contributed by atoms with Crippen LogP contribution < -0.4 is 20.6 Å². The largest absolute Gasteiger partial charge is 0.494 e. The molecule has 276 valence electrons. The van der Waals surface area contributed by atoms with E-state index in [0.29, 0.717) is 6.61 Å². The van der Waals surface area contributed by atoms with Gasteiger partial charge in [-0.05, 0) is 103 Å². The van der Waals surface area contributed by atoms with Crippen molar-refractivity contribution in [2.45, 2.75) is 25.6 Å². The number of benzene rings is 9. The molecule has 9 aromatic carbocycles. The zero-order chi connectivity index (χ0) is 38.8. The summed E-state index contributed by atoms with van der Waals surface area (Å²) < 4.78 is 6.79. The zero-order valence-electron chi connectivity index (χ0n) is 32.8. The van der Waals surface area contributed by atoms with Crippen LogP contribution in [0.5, 0.6) is 5.75 Å². The average molecular weight is 744 g/mol. The third kappa shape index (κ3) is 5.56. The van der Waals surface area contributed by atoms with Gasteiger partial charge in [0.2, 0.25) is 6.71 Å². The van der Waals surface area contributed by atoms with Gasteiger partial charge in [0, 0.05) is 27.9 Å². The van der Waals surface area contributed by atoms with Gasteiger partial charge in [0.1, 0.15) is 5.75 Å². The quantitative estimate of drug-likeness (QED) is 0.124. The van der Waals surface area contributed by atoms with E-state index in [-0.39, 0.29) is 12.1 Å². The van der Waals surface area contributed by atoms with Crippen LogP contribution in [-0.2, 0) is 5.41 Å². The topological polar surface area (TPSA) is 12.5 Å². The summed E-state index contributed by atoms with van der Waals surface area (Å²) >= 11 is 0. The molecule has 0 aromatic heterocycles. The second kappa shape index (κ2) is 13.7. The molecule has 11 rings (SSSR count). The second-order valence-electron chi connectivity index (χ2n) is 16.4. The maximum atomic E-state index is 6.79. The molecule has 9 aromatic rings. The Morgan fingerprint density at radius 3 is 1.97 bits per heavy atom. The van der Waals surface area contributed by atoms with Crippen LogP contribution in [-0.4, -0.2) is 13.3 Å². The molecule has 1 aliphatic heterocycles. The van der Waals surface area contributed by atoms with Gasteiger partial charge < -0.3 is 9.64 Å². The molecule has 0 unspecified atom stereocenters. The Morgan fingerprint density at radius 1 is 0.483 bits per heavy atom. The Bertz CT molecular complexity index is 3010. The summed E-state index contributed by atoms with van der Waals surface area (Å²) in [5.41, 5.74) is 15.7. The van der Waals surface area contributed by atoms with Crippen molar-refractivity contribution in [2.24, 2.45) is 0 Å². The van der Waals surface area contributed by atoms with Gasteiger partial charge in [-0.3, -0.25) is 0 Å². The van der Waals surface area contributed by atoms with Gasteiger partial charge in [-0.1, -0.05) is 177 Å². The molecule has 0 atom stereocenters. The lowest BCUT2D eigenvalue weighted by atomic mass is 9.38. The lowest BCUT2D eigenvalue weighted by molar-refractivity contribution is 0.338. The van der Waals surface area contributed by atoms with E-state index in [0.717, 1.165) is 40.3 Å². The van der Waals surface area contributed by atoms with E-state index in [1.807, 2.05) is 0 Å². The summed E-state index contributed by atoms with van der Waals surface area (Å²) in [6.07, 6.45) is 0.948. The standard InChI is InChI=1S/C55H42BNO/c1-55(2)50-22-12-11-20-45(50)48-35-49(46-21-13-23-52-54(46)58-33-32-56(52)41-17-7-4-8-18-41)53(36-51(48)55)57(42-29-26-38(27-30-42)37-14-5-3-6-15-37)43-31-28-40-25-24-39-16-9-10-19-44(39)47(40)34-43/h3-31,34-36H,32-33H2,1-2H3. The summed E-state index contributed by atoms with van der Waals surface area (Å²) in [6.45, 7) is 5.68. The van der Waals surface area contributed by atoms with E-state index in [1.165, 1.54) is 65.9 Å². The summed E-state index contributed by atoms with van der Waals surface area (Å²) in [6, 6.07) is 71.5. The molecule has 1 aliphatic carbocycles. The molecule has 2 aliphatic rings. The number of hydrogen-bond donors (Lipinski definition) is 0. The molecule has 0 bridgehead atoms. The molecule has 0 N–H and O–H groups in total. The molecular formula is C55H42BNO. The van der Waals surface area contributed by atoms with Crippen molar-refractivity contribution < 1.29 is 4.74 Å². The average Bonchev–Trinajstić information content (AvgIpc) is 3.51. The van der Waals surface area contributed by atoms with Gasteiger partial charge >= 0.3 is 0 Å². The third-order valence-corrected chi connectivity index (χ3v) is 12.7. The molecule has 1 heterocycles. The predicted octanol–water partition coefficient (Wildman–Crippen LogP) is 13.1. The molecular weight excluding hydrogens is 701 g/mol. The van der Waals surface area contributed by atoms with Crippen molar-refractivity contribution in [1.29, 1.82) is 0 Å². The van der Waals surface area contributed by atoms with Crippen LogP contribution in [0.25, 0.3) is 54.9 Å². The van der Waals surface area contributed by atoms with Gasteiger partial charge in [0.25, 0.3) is 0 Å². The van der Waals surface area contributed by atoms with Crippen molar-refractivity contribution in [2.75, 3.05) is 11.5 Å². The Hall–Kier alpha value is -6.84. The van der Waals surface area contributed by atoms with Gasteiger partial charge in [0.15, 0.2) is 0 Å². The minimum atomic E-state index is -0.188. The highest BCUT2D eigenvalue weighted by molar-refractivity contribution is 6.86. The Morgan fingerprint density at radius 2 is 1.14 bits per heavy atom. The minimum absolute atomic E-state index is 0.188. The monoisotopic (exact) mass is 743 g/mol. The van der Waals surface area contributed by atoms with E-state index in [2.05, 4.69) is 213 Å². The summed E-state index contributed by atoms with van der Waals surface area (Å²) in [7, 11) is 0. The normalized spacial score (nSPS) is 13.8. The van der Waals surface area contributed by atoms with E-state index >= 15 is 0 Å². The van der Waals surface area contributed by atoms with Crippen molar-refractivity contribution in [3.05, 3.63) is 205 Å². The van der Waals surface area contributed by atoms with Crippen molar-refractivity contribution >= 4 is 56.2 Å². The number of hydrogen-bond acceptors (Lipinski definition) is 2. The maximum absolute atomic E-state index is 6.79. The molecule has 0 saturated heterocycles. The minimum Gasteiger partial charge on any atom is -0.494 e.